The highest BCUT2D eigenvalue weighted by molar-refractivity contribution is 5.13. The van der Waals surface area contributed by atoms with Crippen molar-refractivity contribution in [1.29, 1.82) is 0 Å². The molecular formula is C9H17NO. The van der Waals surface area contributed by atoms with Crippen molar-refractivity contribution in [1.82, 2.24) is 5.32 Å². The molecule has 0 aromatic rings. The van der Waals surface area contributed by atoms with E-state index in [1.165, 1.54) is 12.8 Å². The minimum absolute atomic E-state index is 0.0625. The van der Waals surface area contributed by atoms with Crippen LogP contribution in [0.15, 0.2) is 0 Å². The van der Waals surface area contributed by atoms with E-state index >= 15 is 0 Å². The van der Waals surface area contributed by atoms with Crippen molar-refractivity contribution in [2.24, 2.45) is 5.41 Å². The molecular weight excluding hydrogens is 138 g/mol. The Balaban J connectivity index is 2.15. The van der Waals surface area contributed by atoms with Crippen molar-refractivity contribution in [3.05, 3.63) is 0 Å². The fourth-order valence-corrected chi connectivity index (χ4v) is 2.43. The van der Waals surface area contributed by atoms with Crippen LogP contribution in [-0.2, 0) is 4.74 Å². The van der Waals surface area contributed by atoms with Crippen LogP contribution in [0.4, 0.5) is 0 Å². The SMILES string of the molecule is COC(C)(C)C12CNC(C1)C2. The number of fused-ring (bicyclic) bond motifs is 1. The van der Waals surface area contributed by atoms with E-state index in [4.69, 9.17) is 4.74 Å². The molecule has 2 bridgehead atoms. The summed E-state index contributed by atoms with van der Waals surface area (Å²) >= 11 is 0. The van der Waals surface area contributed by atoms with Gasteiger partial charge in [-0.3, -0.25) is 0 Å². The Morgan fingerprint density at radius 2 is 2.09 bits per heavy atom. The van der Waals surface area contributed by atoms with Gasteiger partial charge in [-0.15, -0.1) is 0 Å². The summed E-state index contributed by atoms with van der Waals surface area (Å²) in [5.74, 6) is 0. The lowest BCUT2D eigenvalue weighted by molar-refractivity contribution is -0.104. The van der Waals surface area contributed by atoms with Gasteiger partial charge in [0.05, 0.1) is 5.60 Å². The third kappa shape index (κ3) is 0.798. The molecule has 1 aliphatic carbocycles. The number of methoxy groups -OCH3 is 1. The van der Waals surface area contributed by atoms with Gasteiger partial charge in [0, 0.05) is 25.1 Å². The van der Waals surface area contributed by atoms with Gasteiger partial charge < -0.3 is 10.1 Å². The van der Waals surface area contributed by atoms with Crippen molar-refractivity contribution >= 4 is 0 Å². The molecule has 0 aromatic carbocycles. The van der Waals surface area contributed by atoms with E-state index in [1.807, 2.05) is 7.11 Å². The van der Waals surface area contributed by atoms with Crippen LogP contribution < -0.4 is 5.32 Å². The van der Waals surface area contributed by atoms with Gasteiger partial charge >= 0.3 is 0 Å². The highest BCUT2D eigenvalue weighted by Crippen LogP contribution is 2.54. The molecule has 3 rings (SSSR count). The fraction of sp³-hybridized carbons (Fsp3) is 1.00. The second-order valence-electron chi connectivity index (χ2n) is 4.48. The molecule has 0 unspecified atom stereocenters. The molecule has 2 nitrogen and oxygen atoms in total. The van der Waals surface area contributed by atoms with Gasteiger partial charge in [-0.25, -0.2) is 0 Å². The third-order valence-corrected chi connectivity index (χ3v) is 3.79. The van der Waals surface area contributed by atoms with Crippen LogP contribution in [0.5, 0.6) is 0 Å². The molecule has 2 heteroatoms. The number of hydrogen-bond acceptors (Lipinski definition) is 2. The van der Waals surface area contributed by atoms with Crippen LogP contribution in [0.3, 0.4) is 0 Å². The molecule has 0 radical (unpaired) electrons. The van der Waals surface area contributed by atoms with E-state index in [1.54, 1.807) is 0 Å². The lowest BCUT2D eigenvalue weighted by Crippen LogP contribution is -2.51. The van der Waals surface area contributed by atoms with Crippen molar-refractivity contribution in [2.75, 3.05) is 13.7 Å². The molecule has 0 atom stereocenters. The highest BCUT2D eigenvalue weighted by atomic mass is 16.5. The van der Waals surface area contributed by atoms with E-state index in [0.29, 0.717) is 5.41 Å². The predicted molar refractivity (Wildman–Crippen MR) is 44.5 cm³/mol. The van der Waals surface area contributed by atoms with Gasteiger partial charge in [-0.05, 0) is 26.7 Å². The smallest absolute Gasteiger partial charge is 0.0691 e. The van der Waals surface area contributed by atoms with Crippen molar-refractivity contribution in [3.8, 4) is 0 Å². The summed E-state index contributed by atoms with van der Waals surface area (Å²) in [5, 5.41) is 3.49. The third-order valence-electron chi connectivity index (χ3n) is 3.79. The molecule has 1 N–H and O–H groups in total. The molecule has 0 amide bonds. The normalized spacial score (nSPS) is 42.3. The first-order chi connectivity index (χ1) is 5.10. The quantitative estimate of drug-likeness (QED) is 0.646. The molecule has 11 heavy (non-hydrogen) atoms. The standard InChI is InChI=1S/C9H17NO/c1-8(2,11-3)9-4-7(5-9)10-6-9/h7,10H,4-6H2,1-3H3. The summed E-state index contributed by atoms with van der Waals surface area (Å²) in [6.45, 7) is 5.56. The fourth-order valence-electron chi connectivity index (χ4n) is 2.43. The molecule has 1 saturated carbocycles. The zero-order chi connectivity index (χ0) is 8.11. The summed E-state index contributed by atoms with van der Waals surface area (Å²) in [6, 6.07) is 0.796. The van der Waals surface area contributed by atoms with Crippen molar-refractivity contribution < 1.29 is 4.74 Å². The zero-order valence-corrected chi connectivity index (χ0v) is 7.61. The lowest BCUT2D eigenvalue weighted by Gasteiger charge is -2.48. The maximum Gasteiger partial charge on any atom is 0.0691 e. The van der Waals surface area contributed by atoms with E-state index < -0.39 is 0 Å². The monoisotopic (exact) mass is 155 g/mol. The Labute approximate surface area is 68.3 Å². The summed E-state index contributed by atoms with van der Waals surface area (Å²) in [5.41, 5.74) is 0.513. The van der Waals surface area contributed by atoms with Crippen LogP contribution >= 0.6 is 0 Å². The topological polar surface area (TPSA) is 21.3 Å². The van der Waals surface area contributed by atoms with Gasteiger partial charge in [0.15, 0.2) is 0 Å². The van der Waals surface area contributed by atoms with E-state index in [0.717, 1.165) is 12.6 Å². The molecule has 0 spiro atoms. The maximum atomic E-state index is 5.52. The molecule has 2 heterocycles. The van der Waals surface area contributed by atoms with Crippen LogP contribution in [-0.4, -0.2) is 25.3 Å². The van der Waals surface area contributed by atoms with Gasteiger partial charge in [-0.2, -0.15) is 0 Å². The minimum Gasteiger partial charge on any atom is -0.378 e. The van der Waals surface area contributed by atoms with Gasteiger partial charge in [0.25, 0.3) is 0 Å². The molecule has 64 valence electrons. The average Bonchev–Trinajstić information content (AvgIpc) is 2.42. The number of ether oxygens (including phenoxy) is 1. The summed E-state index contributed by atoms with van der Waals surface area (Å²) < 4.78 is 5.52. The maximum absolute atomic E-state index is 5.52. The number of rotatable bonds is 2. The van der Waals surface area contributed by atoms with Crippen LogP contribution in [0.1, 0.15) is 26.7 Å². The van der Waals surface area contributed by atoms with Gasteiger partial charge in [0.2, 0.25) is 0 Å². The van der Waals surface area contributed by atoms with Crippen LogP contribution in [0, 0.1) is 5.41 Å². The number of nitrogens with one attached hydrogen (secondary N) is 1. The van der Waals surface area contributed by atoms with E-state index in [2.05, 4.69) is 19.2 Å². The predicted octanol–water partition coefficient (Wildman–Crippen LogP) is 1.16. The van der Waals surface area contributed by atoms with Crippen LogP contribution in [0.2, 0.25) is 0 Å². The first kappa shape index (κ1) is 7.56. The Bertz CT molecular complexity index is 165. The summed E-state index contributed by atoms with van der Waals surface area (Å²) in [4.78, 5) is 0. The van der Waals surface area contributed by atoms with E-state index in [9.17, 15) is 0 Å². The lowest BCUT2D eigenvalue weighted by atomic mass is 9.61. The summed E-state index contributed by atoms with van der Waals surface area (Å²) in [6.07, 6.45) is 2.63. The first-order valence-corrected chi connectivity index (χ1v) is 4.38. The van der Waals surface area contributed by atoms with E-state index in [-0.39, 0.29) is 5.60 Å². The second-order valence-corrected chi connectivity index (χ2v) is 4.48. The Morgan fingerprint density at radius 1 is 1.45 bits per heavy atom. The molecule has 2 aliphatic heterocycles. The average molecular weight is 155 g/mol. The molecule has 3 aliphatic rings. The van der Waals surface area contributed by atoms with Gasteiger partial charge in [0.1, 0.15) is 0 Å². The minimum atomic E-state index is 0.0625. The van der Waals surface area contributed by atoms with Crippen molar-refractivity contribution in [2.45, 2.75) is 38.3 Å². The van der Waals surface area contributed by atoms with Crippen molar-refractivity contribution in [3.63, 3.8) is 0 Å². The Hall–Kier alpha value is -0.0800. The molecule has 3 fully saturated rings. The molecule has 2 saturated heterocycles. The Morgan fingerprint density at radius 3 is 2.45 bits per heavy atom. The largest absolute Gasteiger partial charge is 0.378 e. The molecule has 0 aromatic heterocycles. The number of hydrogen-bond donors (Lipinski definition) is 1. The second kappa shape index (κ2) is 1.99. The first-order valence-electron chi connectivity index (χ1n) is 4.38. The zero-order valence-electron chi connectivity index (χ0n) is 7.61. The Kier molecular flexibility index (Phi) is 1.37. The highest BCUT2D eigenvalue weighted by Gasteiger charge is 2.58. The van der Waals surface area contributed by atoms with Crippen LogP contribution in [0.25, 0.3) is 0 Å². The summed E-state index contributed by atoms with van der Waals surface area (Å²) in [7, 11) is 1.82. The van der Waals surface area contributed by atoms with Gasteiger partial charge in [-0.1, -0.05) is 0 Å².